The number of rotatable bonds is 7. The van der Waals surface area contributed by atoms with Gasteiger partial charge in [0.2, 0.25) is 5.95 Å². The van der Waals surface area contributed by atoms with Crippen LogP contribution in [-0.4, -0.2) is 81.5 Å². The summed E-state index contributed by atoms with van der Waals surface area (Å²) in [6, 6.07) is 1.76. The monoisotopic (exact) mass is 579 g/mol. The lowest BCUT2D eigenvalue weighted by Gasteiger charge is -2.26. The fraction of sp³-hybridized carbons (Fsp3) is 0.476. The van der Waals surface area contributed by atoms with Crippen LogP contribution < -0.4 is 17.0 Å². The Morgan fingerprint density at radius 2 is 2.03 bits per heavy atom. The molecule has 18 heteroatoms. The van der Waals surface area contributed by atoms with Crippen LogP contribution in [0.5, 0.6) is 0 Å². The average molecular weight is 580 g/mol. The summed E-state index contributed by atoms with van der Waals surface area (Å²) in [6.07, 6.45) is 0.871. The number of hydrogen-bond donors (Lipinski definition) is 6. The van der Waals surface area contributed by atoms with Crippen molar-refractivity contribution in [3.63, 3.8) is 0 Å². The first kappa shape index (κ1) is 26.2. The Morgan fingerprint density at radius 1 is 1.21 bits per heavy atom. The smallest absolute Gasteiger partial charge is 0.280 e. The van der Waals surface area contributed by atoms with Crippen LogP contribution in [0, 0.1) is 0 Å². The molecule has 0 aromatic carbocycles. The topological polar surface area (TPSA) is 232 Å². The van der Waals surface area contributed by atoms with Crippen molar-refractivity contribution in [3.8, 4) is 0 Å². The van der Waals surface area contributed by atoms with E-state index >= 15 is 0 Å². The molecule has 0 spiro atoms. The zero-order chi connectivity index (χ0) is 27.5. The van der Waals surface area contributed by atoms with Crippen LogP contribution in [-0.2, 0) is 18.6 Å². The standard InChI is InChI=1S/C21H26N9O7PS/c22-16-10-1-2-29(17(10)25-7-24-16)14-4-11(32)12(37-14)6-35-38(34,39)13-3-9(5-31)36-20(13)30-8-26-15-18(30)27-21(23)28-19(15)33/h1-2,7-9,11-14,20,31-32H,3-6H2,(H,34,39)(H2,22,24,25)(H3,23,27,28,33)/t9-,11-,12+,13+,14+,20+,38?/m0/s1. The lowest BCUT2D eigenvalue weighted by molar-refractivity contribution is -0.0383. The van der Waals surface area contributed by atoms with Crippen molar-refractivity contribution in [2.45, 2.75) is 49.3 Å². The lowest BCUT2D eigenvalue weighted by Crippen LogP contribution is -2.27. The number of nitrogens with one attached hydrogen (secondary N) is 1. The molecule has 208 valence electrons. The number of fused-ring (bicyclic) bond motifs is 2. The van der Waals surface area contributed by atoms with Gasteiger partial charge in [-0.1, -0.05) is 12.2 Å². The summed E-state index contributed by atoms with van der Waals surface area (Å²) >= 11 is 4.38. The first-order chi connectivity index (χ1) is 18.7. The second-order valence-corrected chi connectivity index (χ2v) is 13.1. The Kier molecular flexibility index (Phi) is 6.61. The summed E-state index contributed by atoms with van der Waals surface area (Å²) in [5, 5.41) is 21.1. The summed E-state index contributed by atoms with van der Waals surface area (Å²) in [5.41, 5.74) is 10.9. The van der Waals surface area contributed by atoms with E-state index in [4.69, 9.17) is 25.5 Å². The lowest BCUT2D eigenvalue weighted by atomic mass is 10.2. The molecular weight excluding hydrogens is 553 g/mol. The molecule has 6 rings (SSSR count). The van der Waals surface area contributed by atoms with E-state index in [1.54, 1.807) is 16.8 Å². The van der Waals surface area contributed by atoms with E-state index in [2.05, 4.69) is 37.2 Å². The molecule has 0 bridgehead atoms. The number of aromatic amines is 1. The number of aliphatic hydroxyl groups excluding tert-OH is 2. The van der Waals surface area contributed by atoms with Crippen molar-refractivity contribution in [1.29, 1.82) is 0 Å². The predicted octanol–water partition coefficient (Wildman–Crippen LogP) is 0.165. The van der Waals surface area contributed by atoms with Gasteiger partial charge >= 0.3 is 0 Å². The number of aliphatic hydroxyl groups is 2. The molecule has 2 fully saturated rings. The number of thiol groups is 1. The molecule has 2 saturated heterocycles. The van der Waals surface area contributed by atoms with Crippen LogP contribution in [0.4, 0.5) is 11.8 Å². The number of nitrogen functional groups attached to an aromatic ring is 2. The molecule has 39 heavy (non-hydrogen) atoms. The van der Waals surface area contributed by atoms with Gasteiger partial charge in [0.25, 0.3) is 12.1 Å². The molecule has 7 atom stereocenters. The minimum Gasteiger partial charge on any atom is -0.394 e. The van der Waals surface area contributed by atoms with E-state index < -0.39 is 48.6 Å². The largest absolute Gasteiger partial charge is 0.394 e. The van der Waals surface area contributed by atoms with Crippen LogP contribution in [0.25, 0.3) is 22.2 Å². The number of H-pyrrole nitrogens is 1. The number of imidazole rings is 1. The summed E-state index contributed by atoms with van der Waals surface area (Å²) in [6.45, 7) is -4.33. The van der Waals surface area contributed by atoms with Crippen LogP contribution in [0.3, 0.4) is 0 Å². The third kappa shape index (κ3) is 4.59. The fourth-order valence-electron chi connectivity index (χ4n) is 5.06. The van der Waals surface area contributed by atoms with Crippen LogP contribution >= 0.6 is 18.8 Å². The third-order valence-corrected chi connectivity index (χ3v) is 10.1. The first-order valence-electron chi connectivity index (χ1n) is 12.0. The van der Waals surface area contributed by atoms with Gasteiger partial charge in [0, 0.05) is 12.6 Å². The summed E-state index contributed by atoms with van der Waals surface area (Å²) in [5.74, 6) is 0.204. The van der Waals surface area contributed by atoms with Crippen molar-refractivity contribution in [2.75, 3.05) is 24.7 Å². The highest BCUT2D eigenvalue weighted by atomic mass is 32.7. The molecule has 6 heterocycles. The quantitative estimate of drug-likeness (QED) is 0.127. The Labute approximate surface area is 224 Å². The third-order valence-electron chi connectivity index (χ3n) is 6.99. The molecule has 4 aromatic rings. The number of anilines is 2. The Hall–Kier alpha value is -3.05. The fourth-order valence-corrected chi connectivity index (χ4v) is 7.47. The highest BCUT2D eigenvalue weighted by Crippen LogP contribution is 2.63. The van der Waals surface area contributed by atoms with Gasteiger partial charge in [-0.25, -0.2) is 15.0 Å². The highest BCUT2D eigenvalue weighted by Gasteiger charge is 2.48. The Bertz CT molecular complexity index is 1640. The van der Waals surface area contributed by atoms with Gasteiger partial charge in [-0.3, -0.25) is 18.9 Å². The van der Waals surface area contributed by atoms with Crippen molar-refractivity contribution in [2.24, 2.45) is 0 Å². The molecule has 0 saturated carbocycles. The van der Waals surface area contributed by atoms with E-state index in [-0.39, 0.29) is 43.2 Å². The second kappa shape index (κ2) is 9.85. The van der Waals surface area contributed by atoms with Crippen molar-refractivity contribution in [3.05, 3.63) is 35.3 Å². The minimum atomic E-state index is -3.76. The summed E-state index contributed by atoms with van der Waals surface area (Å²) in [4.78, 5) is 31.1. The highest BCUT2D eigenvalue weighted by molar-refractivity contribution is 8.46. The van der Waals surface area contributed by atoms with Crippen LogP contribution in [0.2, 0.25) is 0 Å². The molecule has 7 N–H and O–H groups in total. The van der Waals surface area contributed by atoms with Crippen LogP contribution in [0.1, 0.15) is 25.3 Å². The SMILES string of the molecule is Nc1nc2c(ncn2[C@@H]2O[C@H](CO)C[C@H]2P(=O)(S)OC[C@H]2O[C@@H](n3ccc4c(N)ncnc43)C[C@@H]2O)c(=O)[nH]1. The number of ether oxygens (including phenoxy) is 2. The molecule has 0 radical (unpaired) electrons. The summed E-state index contributed by atoms with van der Waals surface area (Å²) in [7, 11) is 0. The maximum atomic E-state index is 13.8. The van der Waals surface area contributed by atoms with E-state index in [9.17, 15) is 19.6 Å². The van der Waals surface area contributed by atoms with Crippen molar-refractivity contribution in [1.82, 2.24) is 34.1 Å². The number of hydrogen-bond acceptors (Lipinski definition) is 13. The predicted molar refractivity (Wildman–Crippen MR) is 141 cm³/mol. The molecule has 16 nitrogen and oxygen atoms in total. The maximum Gasteiger partial charge on any atom is 0.280 e. The molecule has 0 aliphatic carbocycles. The van der Waals surface area contributed by atoms with E-state index in [0.717, 1.165) is 0 Å². The van der Waals surface area contributed by atoms with Gasteiger partial charge in [0.15, 0.2) is 11.2 Å². The molecule has 0 amide bonds. The van der Waals surface area contributed by atoms with E-state index in [1.165, 1.54) is 17.2 Å². The molecule has 2 aliphatic rings. The number of nitrogens with two attached hydrogens (primary N) is 2. The average Bonchev–Trinajstić information content (AvgIpc) is 3.67. The molecule has 4 aromatic heterocycles. The van der Waals surface area contributed by atoms with Crippen molar-refractivity contribution < 1.29 is 28.8 Å². The van der Waals surface area contributed by atoms with Gasteiger partial charge in [-0.15, -0.1) is 0 Å². The zero-order valence-corrected chi connectivity index (χ0v) is 22.1. The number of nitrogens with zero attached hydrogens (tertiary/aromatic N) is 6. The normalized spacial score (nSPS) is 28.9. The minimum absolute atomic E-state index is 0.0204. The van der Waals surface area contributed by atoms with E-state index in [0.29, 0.717) is 16.9 Å². The molecule has 1 unspecified atom stereocenters. The maximum absolute atomic E-state index is 13.8. The molecular formula is C21H26N9O7PS. The van der Waals surface area contributed by atoms with Gasteiger partial charge < -0.3 is 40.2 Å². The molecule has 2 aliphatic heterocycles. The Balaban J connectivity index is 1.20. The van der Waals surface area contributed by atoms with Gasteiger partial charge in [0.1, 0.15) is 36.4 Å². The van der Waals surface area contributed by atoms with Crippen molar-refractivity contribution >= 4 is 52.8 Å². The second-order valence-electron chi connectivity index (χ2n) is 9.42. The zero-order valence-electron chi connectivity index (χ0n) is 20.3. The van der Waals surface area contributed by atoms with E-state index in [1.807, 2.05) is 0 Å². The van der Waals surface area contributed by atoms with Gasteiger partial charge in [-0.05, 0) is 12.5 Å². The van der Waals surface area contributed by atoms with Gasteiger partial charge in [0.05, 0.1) is 42.8 Å². The summed E-state index contributed by atoms with van der Waals surface area (Å²) < 4.78 is 34.7. The van der Waals surface area contributed by atoms with Gasteiger partial charge in [-0.2, -0.15) is 4.98 Å². The number of aromatic nitrogens is 7. The Morgan fingerprint density at radius 3 is 2.82 bits per heavy atom. The first-order valence-corrected chi connectivity index (χ1v) is 14.9. The van der Waals surface area contributed by atoms with Crippen LogP contribution in [0.15, 0.2) is 29.7 Å².